The Morgan fingerprint density at radius 2 is 1.19 bits per heavy atom. The van der Waals surface area contributed by atoms with Crippen LogP contribution in [0.25, 0.3) is 11.1 Å². The van der Waals surface area contributed by atoms with Crippen molar-refractivity contribution in [1.82, 2.24) is 0 Å². The van der Waals surface area contributed by atoms with Gasteiger partial charge >= 0.3 is 0 Å². The summed E-state index contributed by atoms with van der Waals surface area (Å²) in [5.41, 5.74) is 1.17. The molecule has 0 heterocycles. The molecule has 0 atom stereocenters. The molecule has 16 heavy (non-hydrogen) atoms. The highest BCUT2D eigenvalue weighted by Crippen LogP contribution is 2.48. The molecule has 0 aromatic rings. The van der Waals surface area contributed by atoms with Crippen molar-refractivity contribution in [3.05, 3.63) is 42.3 Å². The van der Waals surface area contributed by atoms with Crippen LogP contribution in [0.3, 0.4) is 0 Å². The zero-order valence-corrected chi connectivity index (χ0v) is 12.0. The quantitative estimate of drug-likeness (QED) is 0.502. The Hall–Kier alpha value is 0.440. The number of halogens is 6. The molecule has 0 saturated heterocycles. The van der Waals surface area contributed by atoms with E-state index >= 15 is 0 Å². The van der Waals surface area contributed by atoms with Crippen LogP contribution in [0.15, 0.2) is 12.1 Å². The van der Waals surface area contributed by atoms with Gasteiger partial charge in [-0.05, 0) is 12.1 Å². The van der Waals surface area contributed by atoms with Crippen LogP contribution in [0.1, 0.15) is 0 Å². The molecule has 0 fully saturated rings. The van der Waals surface area contributed by atoms with Crippen molar-refractivity contribution in [2.75, 3.05) is 0 Å². The molecule has 2 aliphatic carbocycles. The molecular formula is C10H2Cl6. The lowest BCUT2D eigenvalue weighted by Gasteiger charge is -1.98. The molecule has 0 unspecified atom stereocenters. The van der Waals surface area contributed by atoms with Gasteiger partial charge in [0.15, 0.2) is 0 Å². The fourth-order valence-electron chi connectivity index (χ4n) is 1.37. The molecule has 0 saturated carbocycles. The summed E-state index contributed by atoms with van der Waals surface area (Å²) in [4.78, 5) is 0. The SMILES string of the molecule is Clc1cc(Cl)c2c(Cl)c(Cl)c(Cl)c(Cl)cc1-2. The van der Waals surface area contributed by atoms with Gasteiger partial charge in [-0.2, -0.15) is 0 Å². The molecular weight excluding hydrogens is 333 g/mol. The van der Waals surface area contributed by atoms with Crippen molar-refractivity contribution >= 4 is 69.6 Å². The second-order valence-electron chi connectivity index (χ2n) is 3.06. The average Bonchev–Trinajstić information content (AvgIpc) is 2.46. The Balaban J connectivity index is 2.99. The van der Waals surface area contributed by atoms with Gasteiger partial charge in [-0.25, -0.2) is 0 Å². The van der Waals surface area contributed by atoms with Crippen LogP contribution in [0.4, 0.5) is 0 Å². The second kappa shape index (κ2) is 4.61. The second-order valence-corrected chi connectivity index (χ2v) is 5.42. The van der Waals surface area contributed by atoms with Crippen LogP contribution in [-0.2, 0) is 0 Å². The summed E-state index contributed by atoms with van der Waals surface area (Å²) >= 11 is 35.9. The zero-order valence-electron chi connectivity index (χ0n) is 7.42. The number of hydrogen-bond donors (Lipinski definition) is 0. The maximum absolute atomic E-state index is 6.09. The van der Waals surface area contributed by atoms with Crippen LogP contribution in [-0.4, -0.2) is 0 Å². The highest BCUT2D eigenvalue weighted by atomic mass is 35.5. The molecule has 84 valence electrons. The Bertz CT molecular complexity index is 548. The van der Waals surface area contributed by atoms with E-state index in [0.29, 0.717) is 21.2 Å². The molecule has 0 amide bonds. The molecule has 0 aromatic heterocycles. The van der Waals surface area contributed by atoms with E-state index in [4.69, 9.17) is 69.6 Å². The van der Waals surface area contributed by atoms with E-state index in [-0.39, 0.29) is 20.1 Å². The first-order valence-electron chi connectivity index (χ1n) is 4.04. The molecule has 2 aliphatic rings. The third kappa shape index (κ3) is 1.96. The maximum atomic E-state index is 6.09. The van der Waals surface area contributed by atoms with Crippen molar-refractivity contribution in [1.29, 1.82) is 0 Å². The van der Waals surface area contributed by atoms with Gasteiger partial charge in [0.05, 0.1) is 30.1 Å². The van der Waals surface area contributed by atoms with E-state index in [1.165, 1.54) is 0 Å². The molecule has 0 bridgehead atoms. The summed E-state index contributed by atoms with van der Waals surface area (Å²) in [5.74, 6) is 0. The standard InChI is InChI=1S/C10H2Cl6/c11-4-2-5(12)7-3(4)1-6(13)8(14)10(16)9(7)15/h1-2H. The normalized spacial score (nSPS) is 11.1. The van der Waals surface area contributed by atoms with E-state index in [2.05, 4.69) is 0 Å². The van der Waals surface area contributed by atoms with Crippen LogP contribution in [0, 0.1) is 0 Å². The predicted octanol–water partition coefficient (Wildman–Crippen LogP) is 6.71. The van der Waals surface area contributed by atoms with Crippen LogP contribution in [0.5, 0.6) is 0 Å². The van der Waals surface area contributed by atoms with Crippen LogP contribution < -0.4 is 0 Å². The zero-order chi connectivity index (χ0) is 12.0. The van der Waals surface area contributed by atoms with Crippen molar-refractivity contribution in [3.8, 4) is 11.1 Å². The fraction of sp³-hybridized carbons (Fsp3) is 0. The lowest BCUT2D eigenvalue weighted by Crippen LogP contribution is -1.71. The van der Waals surface area contributed by atoms with Crippen molar-refractivity contribution < 1.29 is 0 Å². The summed E-state index contributed by atoms with van der Waals surface area (Å²) in [5, 5.41) is 1.71. The summed E-state index contributed by atoms with van der Waals surface area (Å²) in [6.45, 7) is 0. The third-order valence-corrected chi connectivity index (χ3v) is 4.45. The van der Waals surface area contributed by atoms with Crippen molar-refractivity contribution in [2.24, 2.45) is 0 Å². The van der Waals surface area contributed by atoms with Gasteiger partial charge in [-0.3, -0.25) is 0 Å². The Morgan fingerprint density at radius 1 is 0.562 bits per heavy atom. The number of fused-ring (bicyclic) bond motifs is 1. The summed E-state index contributed by atoms with van der Waals surface area (Å²) in [6, 6.07) is 3.17. The average molecular weight is 335 g/mol. The van der Waals surface area contributed by atoms with Crippen LogP contribution in [0.2, 0.25) is 30.1 Å². The first kappa shape index (κ1) is 12.9. The topological polar surface area (TPSA) is 0 Å². The van der Waals surface area contributed by atoms with E-state index in [0.717, 1.165) is 0 Å². The highest BCUT2D eigenvalue weighted by molar-refractivity contribution is 6.53. The van der Waals surface area contributed by atoms with E-state index in [1.807, 2.05) is 0 Å². The van der Waals surface area contributed by atoms with E-state index in [9.17, 15) is 0 Å². The monoisotopic (exact) mass is 332 g/mol. The molecule has 0 nitrogen and oxygen atoms in total. The van der Waals surface area contributed by atoms with Crippen molar-refractivity contribution in [3.63, 3.8) is 0 Å². The lowest BCUT2D eigenvalue weighted by atomic mass is 10.2. The summed E-state index contributed by atoms with van der Waals surface area (Å²) in [7, 11) is 0. The minimum Gasteiger partial charge on any atom is -0.0836 e. The Morgan fingerprint density at radius 3 is 1.81 bits per heavy atom. The number of hydrogen-bond acceptors (Lipinski definition) is 0. The number of rotatable bonds is 0. The smallest absolute Gasteiger partial charge is 0.0800 e. The van der Waals surface area contributed by atoms with E-state index < -0.39 is 0 Å². The van der Waals surface area contributed by atoms with Gasteiger partial charge in [-0.15, -0.1) is 0 Å². The third-order valence-electron chi connectivity index (χ3n) is 2.10. The Labute approximate surface area is 122 Å². The van der Waals surface area contributed by atoms with Gasteiger partial charge in [0.2, 0.25) is 0 Å². The minimum atomic E-state index is 0.160. The van der Waals surface area contributed by atoms with Gasteiger partial charge in [0.1, 0.15) is 0 Å². The molecule has 0 aromatic carbocycles. The van der Waals surface area contributed by atoms with Gasteiger partial charge < -0.3 is 0 Å². The molecule has 0 spiro atoms. The molecule has 0 radical (unpaired) electrons. The first-order chi connectivity index (χ1) is 7.43. The van der Waals surface area contributed by atoms with Crippen LogP contribution >= 0.6 is 69.6 Å². The summed E-state index contributed by atoms with van der Waals surface area (Å²) in [6.07, 6.45) is 0. The largest absolute Gasteiger partial charge is 0.0836 e. The first-order valence-corrected chi connectivity index (χ1v) is 6.31. The van der Waals surface area contributed by atoms with Gasteiger partial charge in [0, 0.05) is 11.1 Å². The fourth-order valence-corrected chi connectivity index (χ4v) is 2.99. The molecule has 2 rings (SSSR count). The minimum absolute atomic E-state index is 0.160. The molecule has 0 aliphatic heterocycles. The summed E-state index contributed by atoms with van der Waals surface area (Å²) < 4.78 is 0. The molecule has 0 N–H and O–H groups in total. The molecule has 6 heteroatoms. The Kier molecular flexibility index (Phi) is 3.71. The predicted molar refractivity (Wildman–Crippen MR) is 73.1 cm³/mol. The van der Waals surface area contributed by atoms with Gasteiger partial charge in [0.25, 0.3) is 0 Å². The van der Waals surface area contributed by atoms with E-state index in [1.54, 1.807) is 12.1 Å². The van der Waals surface area contributed by atoms with Crippen molar-refractivity contribution in [2.45, 2.75) is 0 Å². The highest BCUT2D eigenvalue weighted by Gasteiger charge is 2.21. The lowest BCUT2D eigenvalue weighted by molar-refractivity contribution is 1.83. The van der Waals surface area contributed by atoms with Gasteiger partial charge in [-0.1, -0.05) is 69.6 Å². The maximum Gasteiger partial charge on any atom is 0.0800 e.